The molecule has 10 aromatic rings. The fourth-order valence-corrected chi connectivity index (χ4v) is 22.3. The highest BCUT2D eigenvalue weighted by molar-refractivity contribution is 6.92. The van der Waals surface area contributed by atoms with E-state index in [9.17, 15) is 0 Å². The van der Waals surface area contributed by atoms with Crippen LogP contribution in [0.2, 0.25) is 137 Å². The Morgan fingerprint density at radius 2 is 0.422 bits per heavy atom. The van der Waals surface area contributed by atoms with E-state index in [1.54, 1.807) is 36.3 Å². The summed E-state index contributed by atoms with van der Waals surface area (Å²) in [6.07, 6.45) is 0. The second-order valence-electron chi connectivity index (χ2n) is 38.7. The van der Waals surface area contributed by atoms with Crippen molar-refractivity contribution in [1.29, 1.82) is 0 Å². The van der Waals surface area contributed by atoms with Gasteiger partial charge in [-0.2, -0.15) is 0 Å². The van der Waals surface area contributed by atoms with Crippen molar-refractivity contribution >= 4 is 92.8 Å². The van der Waals surface area contributed by atoms with Crippen molar-refractivity contribution in [3.8, 4) is 0 Å². The maximum absolute atomic E-state index is 2.48. The molecule has 0 unspecified atom stereocenters. The monoisotopic (exact) mass is 1580 g/mol. The quantitative estimate of drug-likeness (QED) is 0.140. The van der Waals surface area contributed by atoms with Crippen LogP contribution in [-0.2, 0) is 0 Å². The molecular formula is C102H158Si7. The zero-order chi connectivity index (χ0) is 84.3. The third kappa shape index (κ3) is 39.2. The number of aryl methyl sites for hydroxylation is 18. The van der Waals surface area contributed by atoms with Crippen LogP contribution in [0.3, 0.4) is 0 Å². The predicted octanol–water partition coefficient (Wildman–Crippen LogP) is 27.2. The third-order valence-corrected chi connectivity index (χ3v) is 34.9. The molecule has 10 aromatic carbocycles. The summed E-state index contributed by atoms with van der Waals surface area (Å²) in [6.45, 7) is 95.7. The van der Waals surface area contributed by atoms with E-state index < -0.39 is 56.5 Å². The van der Waals surface area contributed by atoms with Crippen LogP contribution < -0.4 is 36.3 Å². The first kappa shape index (κ1) is 101. The molecule has 0 heterocycles. The highest BCUT2D eigenvalue weighted by atomic mass is 28.3. The molecule has 0 nitrogen and oxygen atoms in total. The molecule has 0 saturated carbocycles. The second-order valence-corrected chi connectivity index (χ2v) is 74.2. The molecule has 0 spiro atoms. The lowest BCUT2D eigenvalue weighted by atomic mass is 10.0. The van der Waals surface area contributed by atoms with E-state index >= 15 is 0 Å². The normalized spacial score (nSPS) is 11.2. The lowest BCUT2D eigenvalue weighted by molar-refractivity contribution is 1.23. The van der Waals surface area contributed by atoms with E-state index in [-0.39, 0.29) is 0 Å². The van der Waals surface area contributed by atoms with Crippen molar-refractivity contribution in [1.82, 2.24) is 0 Å². The summed E-state index contributed by atoms with van der Waals surface area (Å²) in [5, 5.41) is 11.1. The van der Waals surface area contributed by atoms with Crippen LogP contribution in [0.1, 0.15) is 117 Å². The molecule has 0 aliphatic carbocycles. The van der Waals surface area contributed by atoms with E-state index in [1.807, 2.05) is 0 Å². The molecule has 0 amide bonds. The van der Waals surface area contributed by atoms with E-state index in [0.29, 0.717) is 0 Å². The standard InChI is InChI=1S/C13H24Si2.2C11H18Si.3C10H16Si.C10H14.3C9H12/c1-11-8-12(14(2,3)4)10-13(9-11)15(5,6)7;1-9-6-7-11(8-10(9)2)12(3,4)5;1-9-7-6-8-11(10(9)2)12(3,4)5;1-9-5-7-10(8-6-9)11(2,3)4;1-9-6-5-7-10(8-9)11(2,3)4;1-9-7-5-6-8-10(9)11(2,3)4;1-7-5-8(2)10(4)9(3)6-7;1-7-4-8(2)6-9(3)5-7;1-7-4-5-8(2)9(3)6-7;1-7-5-4-6-8(2)9(7)3/h8-10H,1-7H3;2*6-8H,1-5H3;3*5-8H,1-4H3;5-6H,1-4H3;3*4-6H,1-3H3. The fraction of sp³-hybridized carbons (Fsp3) is 0.412. The Bertz CT molecular complexity index is 4270. The van der Waals surface area contributed by atoms with Crippen LogP contribution in [0.15, 0.2) is 194 Å². The van der Waals surface area contributed by atoms with Gasteiger partial charge in [0.05, 0.1) is 56.5 Å². The number of hydrogen-bond acceptors (Lipinski definition) is 0. The van der Waals surface area contributed by atoms with Gasteiger partial charge in [0, 0.05) is 0 Å². The van der Waals surface area contributed by atoms with Crippen molar-refractivity contribution < 1.29 is 0 Å². The molecule has 0 fully saturated rings. The van der Waals surface area contributed by atoms with Gasteiger partial charge in [0.25, 0.3) is 0 Å². The molecule has 0 saturated heterocycles. The van der Waals surface area contributed by atoms with Gasteiger partial charge in [-0.15, -0.1) is 0 Å². The van der Waals surface area contributed by atoms with Crippen molar-refractivity contribution in [2.24, 2.45) is 0 Å². The summed E-state index contributed by atoms with van der Waals surface area (Å²) in [7, 11) is -7.70. The molecule has 0 N–H and O–H groups in total. The minimum atomic E-state index is -1.15. The van der Waals surface area contributed by atoms with Crippen LogP contribution in [-0.4, -0.2) is 56.5 Å². The van der Waals surface area contributed by atoms with E-state index in [4.69, 9.17) is 0 Å². The Kier molecular flexibility index (Phi) is 41.4. The highest BCUT2D eigenvalue weighted by Crippen LogP contribution is 2.17. The van der Waals surface area contributed by atoms with E-state index in [0.717, 1.165) is 0 Å². The van der Waals surface area contributed by atoms with Gasteiger partial charge in [0.2, 0.25) is 0 Å². The first-order chi connectivity index (χ1) is 49.7. The van der Waals surface area contributed by atoms with Crippen LogP contribution >= 0.6 is 0 Å². The topological polar surface area (TPSA) is 0 Å². The maximum Gasteiger partial charge on any atom is 0.0779 e. The first-order valence-electron chi connectivity index (χ1n) is 40.3. The summed E-state index contributed by atoms with van der Waals surface area (Å²) in [4.78, 5) is 0. The molecular weight excluding hydrogens is 1420 g/mol. The van der Waals surface area contributed by atoms with E-state index in [2.05, 4.69) is 477 Å². The average Bonchev–Trinajstić information content (AvgIpc) is 0.790. The summed E-state index contributed by atoms with van der Waals surface area (Å²) in [6, 6.07) is 71.2. The Morgan fingerprint density at radius 1 is 0.138 bits per heavy atom. The van der Waals surface area contributed by atoms with Gasteiger partial charge in [-0.25, -0.2) is 0 Å². The number of hydrogen-bond donors (Lipinski definition) is 0. The predicted molar refractivity (Wildman–Crippen MR) is 525 cm³/mol. The number of rotatable bonds is 7. The molecule has 7 heteroatoms. The van der Waals surface area contributed by atoms with Crippen molar-refractivity contribution in [2.75, 3.05) is 0 Å². The Labute approximate surface area is 681 Å². The molecule has 0 aromatic heterocycles. The highest BCUT2D eigenvalue weighted by Gasteiger charge is 2.24. The lowest BCUT2D eigenvalue weighted by Gasteiger charge is -2.23. The van der Waals surface area contributed by atoms with Crippen LogP contribution in [0.5, 0.6) is 0 Å². The van der Waals surface area contributed by atoms with Gasteiger partial charge in [-0.1, -0.05) is 418 Å². The van der Waals surface area contributed by atoms with E-state index in [1.165, 1.54) is 117 Å². The van der Waals surface area contributed by atoms with Gasteiger partial charge in [-0.3, -0.25) is 0 Å². The summed E-state index contributed by atoms with van der Waals surface area (Å²) in [5.41, 5.74) is 29.3. The maximum atomic E-state index is 2.48. The lowest BCUT2D eigenvalue weighted by Crippen LogP contribution is -2.45. The molecule has 0 atom stereocenters. The first-order valence-corrected chi connectivity index (χ1v) is 64.8. The zero-order valence-corrected chi connectivity index (χ0v) is 85.0. The van der Waals surface area contributed by atoms with Crippen molar-refractivity contribution in [3.05, 3.63) is 311 Å². The molecule has 0 aliphatic heterocycles. The van der Waals surface area contributed by atoms with Gasteiger partial charge in [0.1, 0.15) is 0 Å². The van der Waals surface area contributed by atoms with Gasteiger partial charge in [-0.05, 0) is 212 Å². The third-order valence-electron chi connectivity index (χ3n) is 20.3. The van der Waals surface area contributed by atoms with Crippen LogP contribution in [0.25, 0.3) is 0 Å². The molecule has 10 rings (SSSR count). The minimum Gasteiger partial charge on any atom is -0.0656 e. The van der Waals surface area contributed by atoms with Crippen molar-refractivity contribution in [3.63, 3.8) is 0 Å². The summed E-state index contributed by atoms with van der Waals surface area (Å²) >= 11 is 0. The zero-order valence-electron chi connectivity index (χ0n) is 78.0. The molecule has 0 aliphatic rings. The second kappa shape index (κ2) is 44.8. The van der Waals surface area contributed by atoms with Crippen molar-refractivity contribution in [2.45, 2.75) is 283 Å². The Balaban J connectivity index is 0.000000608. The van der Waals surface area contributed by atoms with Gasteiger partial charge in [0.15, 0.2) is 0 Å². The fourth-order valence-electron chi connectivity index (χ4n) is 12.2. The van der Waals surface area contributed by atoms with Gasteiger partial charge < -0.3 is 0 Å². The van der Waals surface area contributed by atoms with Crippen LogP contribution in [0, 0.1) is 145 Å². The van der Waals surface area contributed by atoms with Crippen LogP contribution in [0.4, 0.5) is 0 Å². The average molecular weight is 1580 g/mol. The minimum absolute atomic E-state index is 1.06. The molecule has 594 valence electrons. The largest absolute Gasteiger partial charge is 0.0779 e. The molecule has 0 bridgehead atoms. The number of benzene rings is 10. The molecule has 0 radical (unpaired) electrons. The molecule has 109 heavy (non-hydrogen) atoms. The Morgan fingerprint density at radius 3 is 0.761 bits per heavy atom. The van der Waals surface area contributed by atoms with Gasteiger partial charge >= 0.3 is 0 Å². The smallest absolute Gasteiger partial charge is 0.0656 e. The SMILES string of the molecule is Cc1cc(C)c(C)c(C)c1.Cc1cc(C)cc(C)c1.Cc1cc([Si](C)(C)C)cc([Si](C)(C)C)c1.Cc1ccc(C)c(C)c1.Cc1ccc([Si](C)(C)C)cc1.Cc1ccc([Si](C)(C)C)cc1C.Cc1cccc(C)c1C.Cc1cccc([Si](C)(C)C)c1.Cc1cccc([Si](C)(C)C)c1C.Cc1ccccc1[Si](C)(C)C. The summed E-state index contributed by atoms with van der Waals surface area (Å²) < 4.78 is 0. The Hall–Kier alpha value is -6.28. The summed E-state index contributed by atoms with van der Waals surface area (Å²) in [5.74, 6) is 0.